The average molecular weight is 712 g/mol. The second-order valence-corrected chi connectivity index (χ2v) is 19.4. The summed E-state index contributed by atoms with van der Waals surface area (Å²) in [6, 6.07) is 3.44. The molecule has 2 spiro atoms. The van der Waals surface area contributed by atoms with Gasteiger partial charge in [0.25, 0.3) is 5.91 Å². The summed E-state index contributed by atoms with van der Waals surface area (Å²) in [5.74, 6) is 1.12. The van der Waals surface area contributed by atoms with Crippen LogP contribution in [-0.4, -0.2) is 89.1 Å². The number of rotatable bonds is 6. The Balaban J connectivity index is 1.01. The van der Waals surface area contributed by atoms with Gasteiger partial charge in [0.2, 0.25) is 0 Å². The van der Waals surface area contributed by atoms with E-state index < -0.39 is 36.2 Å². The van der Waals surface area contributed by atoms with Gasteiger partial charge in [-0.3, -0.25) is 9.59 Å². The zero-order chi connectivity index (χ0) is 36.5. The lowest BCUT2D eigenvalue weighted by atomic mass is 9.41. The van der Waals surface area contributed by atoms with Crippen LogP contribution in [0.25, 0.3) is 0 Å². The van der Waals surface area contributed by atoms with Crippen LogP contribution >= 0.6 is 0 Å². The maximum Gasteiger partial charge on any atom is 0.303 e. The smallest absolute Gasteiger partial charge is 0.303 e. The molecular formula is C41H61NO9. The Morgan fingerprint density at radius 2 is 1.78 bits per heavy atom. The molecule has 8 rings (SSSR count). The lowest BCUT2D eigenvalue weighted by molar-refractivity contribution is -0.245. The van der Waals surface area contributed by atoms with Crippen LogP contribution in [0.1, 0.15) is 117 Å². The maximum absolute atomic E-state index is 13.0. The summed E-state index contributed by atoms with van der Waals surface area (Å²) in [7, 11) is 0. The van der Waals surface area contributed by atoms with Crippen molar-refractivity contribution in [2.24, 2.45) is 50.7 Å². The molecule has 5 aliphatic carbocycles. The number of nitrogens with zero attached hydrogens (tertiary/aromatic N) is 1. The number of hydrogen-bond acceptors (Lipinski definition) is 9. The van der Waals surface area contributed by atoms with Crippen LogP contribution in [0.3, 0.4) is 0 Å². The zero-order valence-corrected chi connectivity index (χ0v) is 32.0. The SMILES string of the molecule is CC(=O)O[C@@H](C1C[C@@H](C)[C@H]2C(O1)[C@H](O)[C@@]1(C)C3CC[C@H]4C(C)(C)C(O[C@H]5CN(C(=O)c6ccco6)CCO5)CC[C@@]45C[C@@]35CC[C@]21C)C(C)(C)O. The summed E-state index contributed by atoms with van der Waals surface area (Å²) in [5.41, 5.74) is -1.31. The Morgan fingerprint density at radius 1 is 1.06 bits per heavy atom. The highest BCUT2D eigenvalue weighted by Crippen LogP contribution is 2.89. The molecule has 10 heteroatoms. The summed E-state index contributed by atoms with van der Waals surface area (Å²) >= 11 is 0. The van der Waals surface area contributed by atoms with Crippen LogP contribution in [0.4, 0.5) is 0 Å². The topological polar surface area (TPSA) is 128 Å². The number of esters is 1. The fourth-order valence-corrected chi connectivity index (χ4v) is 14.2. The molecule has 10 nitrogen and oxygen atoms in total. The molecule has 0 radical (unpaired) electrons. The predicted molar refractivity (Wildman–Crippen MR) is 187 cm³/mol. The molecule has 14 atom stereocenters. The van der Waals surface area contributed by atoms with Gasteiger partial charge in [0.1, 0.15) is 0 Å². The van der Waals surface area contributed by atoms with Crippen LogP contribution in [-0.2, 0) is 23.7 Å². The predicted octanol–water partition coefficient (Wildman–Crippen LogP) is 5.98. The Kier molecular flexibility index (Phi) is 8.30. The number of hydrogen-bond donors (Lipinski definition) is 2. The average Bonchev–Trinajstić information content (AvgIpc) is 3.32. The molecule has 2 saturated heterocycles. The summed E-state index contributed by atoms with van der Waals surface area (Å²) in [5, 5.41) is 23.6. The highest BCUT2D eigenvalue weighted by atomic mass is 16.7. The number of morpholine rings is 1. The van der Waals surface area contributed by atoms with E-state index in [0.717, 1.165) is 32.1 Å². The van der Waals surface area contributed by atoms with Crippen molar-refractivity contribution in [2.75, 3.05) is 19.7 Å². The minimum absolute atomic E-state index is 0.0301. The molecule has 7 fully saturated rings. The summed E-state index contributed by atoms with van der Waals surface area (Å²) < 4.78 is 30.8. The lowest BCUT2D eigenvalue weighted by Gasteiger charge is -2.64. The number of carbonyl (C=O) groups is 2. The minimum atomic E-state index is -1.27. The van der Waals surface area contributed by atoms with Crippen LogP contribution in [0.2, 0.25) is 0 Å². The van der Waals surface area contributed by atoms with Crippen molar-refractivity contribution in [3.63, 3.8) is 0 Å². The van der Waals surface area contributed by atoms with Crippen molar-refractivity contribution in [2.45, 2.75) is 149 Å². The number of aliphatic hydroxyl groups excluding tert-OH is 1. The number of amides is 1. The van der Waals surface area contributed by atoms with Gasteiger partial charge < -0.3 is 38.5 Å². The maximum atomic E-state index is 13.0. The Hall–Kier alpha value is -1.98. The number of furan rings is 1. The third-order valence-corrected chi connectivity index (χ3v) is 16.5. The van der Waals surface area contributed by atoms with Crippen molar-refractivity contribution in [1.29, 1.82) is 0 Å². The molecule has 51 heavy (non-hydrogen) atoms. The molecule has 7 aliphatic rings. The van der Waals surface area contributed by atoms with E-state index >= 15 is 0 Å². The van der Waals surface area contributed by atoms with Crippen molar-refractivity contribution in [3.8, 4) is 0 Å². The van der Waals surface area contributed by atoms with E-state index in [2.05, 4.69) is 34.6 Å². The molecule has 1 amide bonds. The molecule has 3 heterocycles. The quantitative estimate of drug-likeness (QED) is 0.343. The number of aliphatic hydroxyl groups is 2. The van der Waals surface area contributed by atoms with Gasteiger partial charge in [-0.15, -0.1) is 0 Å². The van der Waals surface area contributed by atoms with Crippen LogP contribution < -0.4 is 0 Å². The highest BCUT2D eigenvalue weighted by Gasteiger charge is 2.84. The molecule has 4 unspecified atom stereocenters. The minimum Gasteiger partial charge on any atom is -0.459 e. The number of carbonyl (C=O) groups excluding carboxylic acids is 2. The van der Waals surface area contributed by atoms with E-state index in [4.69, 9.17) is 23.4 Å². The van der Waals surface area contributed by atoms with Crippen molar-refractivity contribution in [1.82, 2.24) is 4.90 Å². The lowest BCUT2D eigenvalue weighted by Crippen LogP contribution is -2.60. The largest absolute Gasteiger partial charge is 0.459 e. The van der Waals surface area contributed by atoms with Crippen molar-refractivity contribution in [3.05, 3.63) is 24.2 Å². The van der Waals surface area contributed by atoms with Gasteiger partial charge in [0.15, 0.2) is 18.2 Å². The first kappa shape index (κ1) is 36.0. The van der Waals surface area contributed by atoms with E-state index in [1.54, 1.807) is 30.9 Å². The fourth-order valence-electron chi connectivity index (χ4n) is 14.2. The molecule has 0 aromatic carbocycles. The standard InChI is InChI=1S/C41H61NO9/c1-23-20-26(34(37(5,6)46)49-24(2)43)50-32-31(23)38(7)15-16-41-22-40(41)14-13-29(36(3,4)27(40)11-12-28(41)39(38,8)33(32)44)51-30-21-42(17-19-48-30)35(45)25-10-9-18-47-25/h9-10,18,23,26-34,44,46H,11-17,19-22H2,1-8H3/t23-,26?,27+,28?,29?,30+,31+,32?,33+,34+,38-,39-,40-,41+/m1/s1. The van der Waals surface area contributed by atoms with Gasteiger partial charge in [-0.1, -0.05) is 34.6 Å². The van der Waals surface area contributed by atoms with Crippen molar-refractivity contribution >= 4 is 11.9 Å². The van der Waals surface area contributed by atoms with Gasteiger partial charge in [-0.05, 0) is 123 Å². The second kappa shape index (κ2) is 11.8. The highest BCUT2D eigenvalue weighted by molar-refractivity contribution is 5.91. The third kappa shape index (κ3) is 4.97. The Bertz CT molecular complexity index is 1520. The van der Waals surface area contributed by atoms with Gasteiger partial charge in [0, 0.05) is 18.9 Å². The molecule has 2 aliphatic heterocycles. The second-order valence-electron chi connectivity index (χ2n) is 19.4. The summed E-state index contributed by atoms with van der Waals surface area (Å²) in [4.78, 5) is 26.9. The Morgan fingerprint density at radius 3 is 2.47 bits per heavy atom. The zero-order valence-electron chi connectivity index (χ0n) is 32.0. The Labute approximate surface area is 303 Å². The van der Waals surface area contributed by atoms with Crippen LogP contribution in [0.5, 0.6) is 0 Å². The van der Waals surface area contributed by atoms with Crippen LogP contribution in [0, 0.1) is 50.7 Å². The first-order chi connectivity index (χ1) is 23.9. The molecule has 1 aromatic heterocycles. The third-order valence-electron chi connectivity index (χ3n) is 16.5. The summed E-state index contributed by atoms with van der Waals surface area (Å²) in [6.45, 7) is 18.0. The summed E-state index contributed by atoms with van der Waals surface area (Å²) in [6.07, 6.45) is 7.21. The van der Waals surface area contributed by atoms with Crippen molar-refractivity contribution < 1.29 is 43.2 Å². The number of fused-ring (bicyclic) bond motifs is 4. The van der Waals surface area contributed by atoms with Gasteiger partial charge in [0.05, 0.1) is 49.4 Å². The molecule has 1 aromatic rings. The molecule has 2 N–H and O–H groups in total. The molecule has 0 bridgehead atoms. The van der Waals surface area contributed by atoms with Gasteiger partial charge in [-0.25, -0.2) is 0 Å². The first-order valence-corrected chi connectivity index (χ1v) is 19.7. The first-order valence-electron chi connectivity index (χ1n) is 19.7. The molecular weight excluding hydrogens is 650 g/mol. The van der Waals surface area contributed by atoms with E-state index in [9.17, 15) is 19.8 Å². The van der Waals surface area contributed by atoms with E-state index in [1.165, 1.54) is 26.0 Å². The van der Waals surface area contributed by atoms with Gasteiger partial charge >= 0.3 is 5.97 Å². The van der Waals surface area contributed by atoms with E-state index in [0.29, 0.717) is 43.7 Å². The van der Waals surface area contributed by atoms with Gasteiger partial charge in [-0.2, -0.15) is 0 Å². The number of ether oxygens (including phenoxy) is 4. The van der Waals surface area contributed by atoms with Crippen LogP contribution in [0.15, 0.2) is 22.8 Å². The van der Waals surface area contributed by atoms with E-state index in [-0.39, 0.29) is 57.0 Å². The fraction of sp³-hybridized carbons (Fsp3) is 0.854. The normalized spacial score (nSPS) is 47.6. The van der Waals surface area contributed by atoms with E-state index in [1.807, 2.05) is 0 Å². The molecule has 5 saturated carbocycles. The molecule has 284 valence electrons. The monoisotopic (exact) mass is 711 g/mol.